The second-order valence-electron chi connectivity index (χ2n) is 4.62. The molecule has 1 N–H and O–H groups in total. The van der Waals surface area contributed by atoms with E-state index in [0.717, 1.165) is 19.3 Å². The quantitative estimate of drug-likeness (QED) is 0.742. The lowest BCUT2D eigenvalue weighted by atomic mass is 9.85. The van der Waals surface area contributed by atoms with Gasteiger partial charge in [-0.1, -0.05) is 43.2 Å². The van der Waals surface area contributed by atoms with Crippen molar-refractivity contribution in [1.29, 1.82) is 0 Å². The zero-order chi connectivity index (χ0) is 10.5. The Morgan fingerprint density at radius 1 is 0.867 bits per heavy atom. The lowest BCUT2D eigenvalue weighted by Crippen LogP contribution is -2.12. The third-order valence-corrected chi connectivity index (χ3v) is 3.46. The van der Waals surface area contributed by atoms with E-state index in [2.05, 4.69) is 30.3 Å². The van der Waals surface area contributed by atoms with Crippen LogP contribution < -0.4 is 0 Å². The van der Waals surface area contributed by atoms with Gasteiger partial charge in [0.2, 0.25) is 0 Å². The normalized spacial score (nSPS) is 28.1. The van der Waals surface area contributed by atoms with Gasteiger partial charge in [0, 0.05) is 0 Å². The van der Waals surface area contributed by atoms with Gasteiger partial charge in [0.25, 0.3) is 0 Å². The summed E-state index contributed by atoms with van der Waals surface area (Å²) in [5.74, 6) is 0.668. The molecule has 0 radical (unpaired) electrons. The summed E-state index contributed by atoms with van der Waals surface area (Å²) in [7, 11) is 0. The van der Waals surface area contributed by atoms with Crippen LogP contribution in [0.2, 0.25) is 0 Å². The summed E-state index contributed by atoms with van der Waals surface area (Å²) >= 11 is 0. The van der Waals surface area contributed by atoms with Crippen molar-refractivity contribution >= 4 is 0 Å². The Kier molecular flexibility index (Phi) is 3.79. The van der Waals surface area contributed by atoms with E-state index in [1.807, 2.05) is 0 Å². The molecule has 0 spiro atoms. The minimum Gasteiger partial charge on any atom is -0.393 e. The average Bonchev–Trinajstić information content (AvgIpc) is 2.25. The molecular formula is C14H20O. The van der Waals surface area contributed by atoms with Crippen molar-refractivity contribution in [3.8, 4) is 0 Å². The SMILES string of the molecule is O[C@H]1CCCC[C@@H](c2ccccc2)CC1. The lowest BCUT2D eigenvalue weighted by Gasteiger charge is -2.22. The first-order chi connectivity index (χ1) is 7.36. The first kappa shape index (κ1) is 10.7. The van der Waals surface area contributed by atoms with E-state index in [1.54, 1.807) is 0 Å². The van der Waals surface area contributed by atoms with Gasteiger partial charge in [0.15, 0.2) is 0 Å². The van der Waals surface area contributed by atoms with Gasteiger partial charge in [-0.2, -0.15) is 0 Å². The van der Waals surface area contributed by atoms with Gasteiger partial charge in [0.05, 0.1) is 6.10 Å². The van der Waals surface area contributed by atoms with Gasteiger partial charge in [0.1, 0.15) is 0 Å². The van der Waals surface area contributed by atoms with E-state index in [0.29, 0.717) is 5.92 Å². The highest BCUT2D eigenvalue weighted by atomic mass is 16.3. The molecule has 2 atom stereocenters. The monoisotopic (exact) mass is 204 g/mol. The molecule has 0 bridgehead atoms. The fourth-order valence-electron chi connectivity index (χ4n) is 2.51. The molecular weight excluding hydrogens is 184 g/mol. The number of aliphatic hydroxyl groups excluding tert-OH is 1. The summed E-state index contributed by atoms with van der Waals surface area (Å²) in [6.45, 7) is 0. The summed E-state index contributed by atoms with van der Waals surface area (Å²) in [6.07, 6.45) is 6.79. The second-order valence-corrected chi connectivity index (χ2v) is 4.62. The molecule has 0 heterocycles. The Balaban J connectivity index is 2.01. The largest absolute Gasteiger partial charge is 0.393 e. The van der Waals surface area contributed by atoms with Crippen molar-refractivity contribution in [2.45, 2.75) is 50.5 Å². The Bertz CT molecular complexity index is 281. The predicted octanol–water partition coefficient (Wildman–Crippen LogP) is 3.49. The third-order valence-electron chi connectivity index (χ3n) is 3.46. The summed E-state index contributed by atoms with van der Waals surface area (Å²) in [6, 6.07) is 10.7. The number of hydrogen-bond acceptors (Lipinski definition) is 1. The zero-order valence-electron chi connectivity index (χ0n) is 9.23. The zero-order valence-corrected chi connectivity index (χ0v) is 9.23. The van der Waals surface area contributed by atoms with Crippen LogP contribution in [0.25, 0.3) is 0 Å². The van der Waals surface area contributed by atoms with Crippen LogP contribution in [0, 0.1) is 0 Å². The second kappa shape index (κ2) is 5.32. The highest BCUT2D eigenvalue weighted by molar-refractivity contribution is 5.19. The Morgan fingerprint density at radius 3 is 2.40 bits per heavy atom. The molecule has 1 aliphatic rings. The van der Waals surface area contributed by atoms with Crippen LogP contribution >= 0.6 is 0 Å². The van der Waals surface area contributed by atoms with Gasteiger partial charge in [-0.05, 0) is 37.2 Å². The van der Waals surface area contributed by atoms with Gasteiger partial charge in [-0.3, -0.25) is 0 Å². The number of rotatable bonds is 1. The number of hydrogen-bond donors (Lipinski definition) is 1. The Labute approximate surface area is 92.1 Å². The molecule has 0 saturated heterocycles. The fourth-order valence-corrected chi connectivity index (χ4v) is 2.51. The number of benzene rings is 1. The smallest absolute Gasteiger partial charge is 0.0540 e. The van der Waals surface area contributed by atoms with E-state index >= 15 is 0 Å². The molecule has 2 rings (SSSR count). The molecule has 1 heteroatoms. The molecule has 1 aromatic rings. The Morgan fingerprint density at radius 2 is 1.60 bits per heavy atom. The van der Waals surface area contributed by atoms with E-state index < -0.39 is 0 Å². The van der Waals surface area contributed by atoms with E-state index in [1.165, 1.54) is 24.8 Å². The first-order valence-electron chi connectivity index (χ1n) is 6.09. The fraction of sp³-hybridized carbons (Fsp3) is 0.571. The molecule has 1 aliphatic carbocycles. The molecule has 0 unspecified atom stereocenters. The molecule has 82 valence electrons. The van der Waals surface area contributed by atoms with Crippen molar-refractivity contribution in [2.75, 3.05) is 0 Å². The van der Waals surface area contributed by atoms with Crippen molar-refractivity contribution < 1.29 is 5.11 Å². The molecule has 0 amide bonds. The predicted molar refractivity (Wildman–Crippen MR) is 62.9 cm³/mol. The summed E-state index contributed by atoms with van der Waals surface area (Å²) in [4.78, 5) is 0. The van der Waals surface area contributed by atoms with Gasteiger partial charge >= 0.3 is 0 Å². The third kappa shape index (κ3) is 3.07. The van der Waals surface area contributed by atoms with E-state index in [-0.39, 0.29) is 6.10 Å². The van der Waals surface area contributed by atoms with Crippen LogP contribution in [0.3, 0.4) is 0 Å². The topological polar surface area (TPSA) is 20.2 Å². The maximum absolute atomic E-state index is 9.68. The van der Waals surface area contributed by atoms with Crippen LogP contribution in [-0.2, 0) is 0 Å². The maximum Gasteiger partial charge on any atom is 0.0540 e. The first-order valence-corrected chi connectivity index (χ1v) is 6.09. The van der Waals surface area contributed by atoms with Gasteiger partial charge < -0.3 is 5.11 Å². The van der Waals surface area contributed by atoms with E-state index in [9.17, 15) is 5.11 Å². The highest BCUT2D eigenvalue weighted by Crippen LogP contribution is 2.30. The van der Waals surface area contributed by atoms with E-state index in [4.69, 9.17) is 0 Å². The minimum atomic E-state index is -0.0588. The Hall–Kier alpha value is -0.820. The van der Waals surface area contributed by atoms with Crippen LogP contribution in [0.1, 0.15) is 50.0 Å². The average molecular weight is 204 g/mol. The summed E-state index contributed by atoms with van der Waals surface area (Å²) in [5, 5.41) is 9.68. The number of aliphatic hydroxyl groups is 1. The standard InChI is InChI=1S/C14H20O/c15-14-9-5-4-8-13(10-11-14)12-6-2-1-3-7-12/h1-3,6-7,13-15H,4-5,8-11H2/t13-,14+/m1/s1. The highest BCUT2D eigenvalue weighted by Gasteiger charge is 2.16. The summed E-state index contributed by atoms with van der Waals surface area (Å²) < 4.78 is 0. The molecule has 0 aromatic heterocycles. The van der Waals surface area contributed by atoms with Crippen molar-refractivity contribution in [3.63, 3.8) is 0 Å². The molecule has 15 heavy (non-hydrogen) atoms. The van der Waals surface area contributed by atoms with Crippen molar-refractivity contribution in [2.24, 2.45) is 0 Å². The van der Waals surface area contributed by atoms with Crippen LogP contribution in [0.15, 0.2) is 30.3 Å². The van der Waals surface area contributed by atoms with Crippen molar-refractivity contribution in [1.82, 2.24) is 0 Å². The van der Waals surface area contributed by atoms with Gasteiger partial charge in [-0.15, -0.1) is 0 Å². The minimum absolute atomic E-state index is 0.0588. The molecule has 1 saturated carbocycles. The van der Waals surface area contributed by atoms with Crippen LogP contribution in [-0.4, -0.2) is 11.2 Å². The molecule has 1 nitrogen and oxygen atoms in total. The van der Waals surface area contributed by atoms with Crippen LogP contribution in [0.5, 0.6) is 0 Å². The van der Waals surface area contributed by atoms with Crippen molar-refractivity contribution in [3.05, 3.63) is 35.9 Å². The molecule has 1 fully saturated rings. The lowest BCUT2D eigenvalue weighted by molar-refractivity contribution is 0.138. The summed E-state index contributed by atoms with van der Waals surface area (Å²) in [5.41, 5.74) is 1.45. The van der Waals surface area contributed by atoms with Gasteiger partial charge in [-0.25, -0.2) is 0 Å². The van der Waals surface area contributed by atoms with Crippen LogP contribution in [0.4, 0.5) is 0 Å². The molecule has 0 aliphatic heterocycles. The maximum atomic E-state index is 9.68. The molecule has 1 aromatic carbocycles.